The molecule has 0 aliphatic carbocycles. The Kier molecular flexibility index (Phi) is 7.59. The number of benzene rings is 3. The van der Waals surface area contributed by atoms with Gasteiger partial charge >= 0.3 is 0 Å². The van der Waals surface area contributed by atoms with Gasteiger partial charge in [-0.1, -0.05) is 44.2 Å². The van der Waals surface area contributed by atoms with E-state index in [-0.39, 0.29) is 5.82 Å². The maximum absolute atomic E-state index is 15.1. The summed E-state index contributed by atoms with van der Waals surface area (Å²) in [7, 11) is 4.12. The third-order valence-electron chi connectivity index (χ3n) is 7.60. The van der Waals surface area contributed by atoms with Gasteiger partial charge in [-0.25, -0.2) is 9.37 Å². The smallest absolute Gasteiger partial charge is 0.133 e. The molecule has 4 aromatic heterocycles. The Morgan fingerprint density at radius 2 is 1.40 bits per heavy atom. The first-order valence-corrected chi connectivity index (χ1v) is 17.3. The average Bonchev–Trinajstić information content (AvgIpc) is 3.80. The maximum atomic E-state index is 15.1. The van der Waals surface area contributed by atoms with Gasteiger partial charge in [0.25, 0.3) is 0 Å². The number of hydrogen-bond acceptors (Lipinski definition) is 8. The molecule has 0 fully saturated rings. The summed E-state index contributed by atoms with van der Waals surface area (Å²) >= 11 is 6.33. The van der Waals surface area contributed by atoms with E-state index in [9.17, 15) is 0 Å². The van der Waals surface area contributed by atoms with Gasteiger partial charge in [-0.3, -0.25) is 0 Å². The predicted molar refractivity (Wildman–Crippen MR) is 186 cm³/mol. The Labute approximate surface area is 266 Å². The van der Waals surface area contributed by atoms with Gasteiger partial charge in [-0.15, -0.1) is 34.0 Å². The Morgan fingerprint density at radius 3 is 2.07 bits per heavy atom. The van der Waals surface area contributed by atoms with E-state index in [1.165, 1.54) is 53.5 Å². The number of aromatic nitrogens is 3. The molecule has 3 aromatic carbocycles. The molecule has 4 nitrogen and oxygen atoms in total. The minimum atomic E-state index is -0.218. The average molecular weight is 641 g/mol. The molecule has 0 amide bonds. The molecule has 0 aliphatic heterocycles. The van der Waals surface area contributed by atoms with Gasteiger partial charge in [0.05, 0.1) is 16.6 Å². The third-order valence-corrected chi connectivity index (χ3v) is 11.6. The van der Waals surface area contributed by atoms with Crippen LogP contribution in [0.15, 0.2) is 72.9 Å². The second-order valence-electron chi connectivity index (χ2n) is 11.3. The lowest BCUT2D eigenvalue weighted by Gasteiger charge is -2.12. The summed E-state index contributed by atoms with van der Waals surface area (Å²) in [4.78, 5) is 10.1. The van der Waals surface area contributed by atoms with Crippen molar-refractivity contribution < 1.29 is 4.39 Å². The van der Waals surface area contributed by atoms with Crippen LogP contribution in [-0.4, -0.2) is 27.8 Å². The molecule has 4 heterocycles. The topological polar surface area (TPSA) is 41.9 Å². The normalized spacial score (nSPS) is 11.8. The summed E-state index contributed by atoms with van der Waals surface area (Å²) in [5, 5.41) is 0.675. The van der Waals surface area contributed by atoms with E-state index in [1.54, 1.807) is 17.4 Å². The summed E-state index contributed by atoms with van der Waals surface area (Å²) in [6, 6.07) is 23.1. The second-order valence-corrected chi connectivity index (χ2v) is 15.0. The largest absolute Gasteiger partial charge is 0.378 e. The Bertz CT molecular complexity index is 2030. The zero-order valence-electron chi connectivity index (χ0n) is 24.2. The molecule has 9 heteroatoms. The Balaban J connectivity index is 1.17. The van der Waals surface area contributed by atoms with Crippen molar-refractivity contribution in [1.82, 2.24) is 13.7 Å². The van der Waals surface area contributed by atoms with Crippen LogP contribution < -0.4 is 4.90 Å². The van der Waals surface area contributed by atoms with E-state index in [4.69, 9.17) is 4.37 Å². The van der Waals surface area contributed by atoms with Crippen LogP contribution in [0.1, 0.15) is 25.8 Å². The minimum absolute atomic E-state index is 0.218. The summed E-state index contributed by atoms with van der Waals surface area (Å²) in [5.41, 5.74) is 7.83. The first-order valence-electron chi connectivity index (χ1n) is 14.2. The summed E-state index contributed by atoms with van der Waals surface area (Å²) < 4.78 is 27.0. The van der Waals surface area contributed by atoms with E-state index in [2.05, 4.69) is 90.7 Å². The fourth-order valence-corrected chi connectivity index (χ4v) is 9.14. The number of aryl methyl sites for hydroxylation is 1. The Morgan fingerprint density at radius 1 is 0.744 bits per heavy atom. The van der Waals surface area contributed by atoms with Crippen LogP contribution in [0, 0.1) is 11.7 Å². The lowest BCUT2D eigenvalue weighted by atomic mass is 10.0. The van der Waals surface area contributed by atoms with Crippen molar-refractivity contribution in [3.8, 4) is 41.9 Å². The number of rotatable bonds is 8. The number of fused-ring (bicyclic) bond motifs is 2. The quantitative estimate of drug-likeness (QED) is 0.166. The molecule has 0 saturated heterocycles. The fraction of sp³-hybridized carbons (Fsp3) is 0.206. The monoisotopic (exact) mass is 640 g/mol. The van der Waals surface area contributed by atoms with Crippen LogP contribution in [0.4, 0.5) is 10.1 Å². The molecule has 0 aliphatic rings. The van der Waals surface area contributed by atoms with Gasteiger partial charge in [0.15, 0.2) is 0 Å². The molecule has 0 N–H and O–H groups in total. The first-order chi connectivity index (χ1) is 20.8. The van der Waals surface area contributed by atoms with Gasteiger partial charge in [-0.2, -0.15) is 8.75 Å². The molecule has 0 atom stereocenters. The van der Waals surface area contributed by atoms with Crippen LogP contribution in [0.25, 0.3) is 62.3 Å². The van der Waals surface area contributed by atoms with E-state index in [0.717, 1.165) is 45.4 Å². The SMILES string of the molecule is CC(C)CCc1ccc(-c2ncc(-c3ccc(-c4cc5sc(-c6ccc(N(C)C)cc6)cc5s4)c4nsnc34)s2)c(F)c1. The van der Waals surface area contributed by atoms with E-state index in [0.29, 0.717) is 16.5 Å². The van der Waals surface area contributed by atoms with Crippen molar-refractivity contribution in [3.63, 3.8) is 0 Å². The highest BCUT2D eigenvalue weighted by molar-refractivity contribution is 7.31. The molecule has 0 unspecified atom stereocenters. The van der Waals surface area contributed by atoms with Crippen LogP contribution in [0.5, 0.6) is 0 Å². The number of thiazole rings is 1. The van der Waals surface area contributed by atoms with Crippen LogP contribution in [-0.2, 0) is 6.42 Å². The third kappa shape index (κ3) is 5.51. The van der Waals surface area contributed by atoms with Gasteiger partial charge in [-0.05, 0) is 66.3 Å². The molecule has 0 bridgehead atoms. The van der Waals surface area contributed by atoms with Crippen LogP contribution in [0.2, 0.25) is 0 Å². The Hall–Kier alpha value is -3.50. The highest BCUT2D eigenvalue weighted by atomic mass is 32.1. The second kappa shape index (κ2) is 11.5. The standard InChI is InChI=1S/C34H29FN4S4/c1-19(2)5-6-20-7-12-23(26(35)15-20)34-36-18-31(42-34)25-14-13-24(32-33(25)38-43-37-32)28-17-30-29(41-28)16-27(40-30)21-8-10-22(11-9-21)39(3)4/h7-19H,5-6H2,1-4H3. The number of nitrogens with zero attached hydrogens (tertiary/aromatic N) is 4. The molecular weight excluding hydrogens is 612 g/mol. The molecule has 0 spiro atoms. The van der Waals surface area contributed by atoms with E-state index >= 15 is 4.39 Å². The van der Waals surface area contributed by atoms with Crippen molar-refractivity contribution in [1.29, 1.82) is 0 Å². The minimum Gasteiger partial charge on any atom is -0.378 e. The van der Waals surface area contributed by atoms with Crippen LogP contribution >= 0.6 is 45.7 Å². The van der Waals surface area contributed by atoms with E-state index < -0.39 is 0 Å². The van der Waals surface area contributed by atoms with Gasteiger partial charge in [0.2, 0.25) is 0 Å². The van der Waals surface area contributed by atoms with Crippen molar-refractivity contribution in [2.75, 3.05) is 19.0 Å². The number of halogens is 1. The molecule has 0 radical (unpaired) electrons. The van der Waals surface area contributed by atoms with Crippen molar-refractivity contribution in [2.45, 2.75) is 26.7 Å². The highest BCUT2D eigenvalue weighted by Gasteiger charge is 2.19. The number of thiophene rings is 2. The molecule has 7 rings (SSSR count). The molecule has 216 valence electrons. The number of hydrogen-bond donors (Lipinski definition) is 0. The van der Waals surface area contributed by atoms with Crippen molar-refractivity contribution >= 4 is 71.9 Å². The lowest BCUT2D eigenvalue weighted by Crippen LogP contribution is -2.07. The first kappa shape index (κ1) is 28.3. The summed E-state index contributed by atoms with van der Waals surface area (Å²) in [6.45, 7) is 4.38. The van der Waals surface area contributed by atoms with Gasteiger partial charge < -0.3 is 4.90 Å². The molecule has 0 saturated carbocycles. The summed E-state index contributed by atoms with van der Waals surface area (Å²) in [6.07, 6.45) is 3.76. The fourth-order valence-electron chi connectivity index (χ4n) is 5.16. The van der Waals surface area contributed by atoms with Gasteiger partial charge in [0.1, 0.15) is 21.9 Å². The zero-order chi connectivity index (χ0) is 29.7. The molecular formula is C34H29FN4S4. The predicted octanol–water partition coefficient (Wildman–Crippen LogP) is 10.9. The maximum Gasteiger partial charge on any atom is 0.133 e. The van der Waals surface area contributed by atoms with Crippen LogP contribution in [0.3, 0.4) is 0 Å². The van der Waals surface area contributed by atoms with Crippen molar-refractivity contribution in [2.24, 2.45) is 5.92 Å². The van der Waals surface area contributed by atoms with Gasteiger partial charge in [0, 0.05) is 61.8 Å². The zero-order valence-corrected chi connectivity index (χ0v) is 27.5. The molecule has 43 heavy (non-hydrogen) atoms. The lowest BCUT2D eigenvalue weighted by molar-refractivity contribution is 0.582. The van der Waals surface area contributed by atoms with E-state index in [1.807, 2.05) is 29.7 Å². The summed E-state index contributed by atoms with van der Waals surface area (Å²) in [5.74, 6) is 0.373. The number of anilines is 1. The molecule has 7 aromatic rings. The van der Waals surface area contributed by atoms with Crippen molar-refractivity contribution in [3.05, 3.63) is 84.3 Å². The highest BCUT2D eigenvalue weighted by Crippen LogP contribution is 2.45.